The van der Waals surface area contributed by atoms with E-state index in [9.17, 15) is 14.7 Å². The van der Waals surface area contributed by atoms with E-state index in [4.69, 9.17) is 4.74 Å². The number of carbonyl (C=O) groups excluding carboxylic acids is 2. The van der Waals surface area contributed by atoms with Gasteiger partial charge in [0.05, 0.1) is 19.8 Å². The Morgan fingerprint density at radius 1 is 1.15 bits per heavy atom. The molecule has 0 radical (unpaired) electrons. The van der Waals surface area contributed by atoms with Gasteiger partial charge in [0.25, 0.3) is 5.91 Å². The van der Waals surface area contributed by atoms with Gasteiger partial charge in [-0.05, 0) is 37.6 Å². The lowest BCUT2D eigenvalue weighted by Crippen LogP contribution is -2.53. The monoisotopic (exact) mass is 361 g/mol. The zero-order valence-corrected chi connectivity index (χ0v) is 15.3. The number of piperazine rings is 1. The lowest BCUT2D eigenvalue weighted by molar-refractivity contribution is -0.134. The molecule has 0 spiro atoms. The topological polar surface area (TPSA) is 73.3 Å². The third-order valence-corrected chi connectivity index (χ3v) is 5.08. The Labute approximate surface area is 154 Å². The smallest absolute Gasteiger partial charge is 0.254 e. The standard InChI is InChI=1S/C19H27N3O4/c1-26-17-6-2-4-15(12-17)19(25)22-10-8-21(9-11-22)18(24)14-20-7-3-5-16(23)13-20/h2,4,6,12,16,23H,3,5,7-11,13-14H2,1H3/t16-/m1/s1. The number of benzene rings is 1. The average Bonchev–Trinajstić information content (AvgIpc) is 2.67. The summed E-state index contributed by atoms with van der Waals surface area (Å²) in [6.07, 6.45) is 1.42. The van der Waals surface area contributed by atoms with Crippen LogP contribution in [0.1, 0.15) is 23.2 Å². The molecular weight excluding hydrogens is 334 g/mol. The third-order valence-electron chi connectivity index (χ3n) is 5.08. The normalized spacial score (nSPS) is 21.5. The second-order valence-corrected chi connectivity index (χ2v) is 6.94. The first-order valence-electron chi connectivity index (χ1n) is 9.18. The highest BCUT2D eigenvalue weighted by Gasteiger charge is 2.27. The Hall–Kier alpha value is -2.12. The van der Waals surface area contributed by atoms with Crippen molar-refractivity contribution in [2.24, 2.45) is 0 Å². The van der Waals surface area contributed by atoms with Crippen LogP contribution in [0.4, 0.5) is 0 Å². The molecule has 2 heterocycles. The molecule has 1 aromatic carbocycles. The summed E-state index contributed by atoms with van der Waals surface area (Å²) in [5.41, 5.74) is 0.603. The first-order chi connectivity index (χ1) is 12.6. The Kier molecular flexibility index (Phi) is 6.11. The second kappa shape index (κ2) is 8.51. The minimum absolute atomic E-state index is 0.0323. The Morgan fingerprint density at radius 3 is 2.58 bits per heavy atom. The van der Waals surface area contributed by atoms with Crippen LogP contribution in [-0.4, -0.2) is 90.6 Å². The number of aliphatic hydroxyl groups excluding tert-OH is 1. The SMILES string of the molecule is COc1cccc(C(=O)N2CCN(C(=O)CN3CCC[C@@H](O)C3)CC2)c1. The van der Waals surface area contributed by atoms with Gasteiger partial charge in [0.2, 0.25) is 5.91 Å². The number of methoxy groups -OCH3 is 1. The molecule has 0 unspecified atom stereocenters. The fraction of sp³-hybridized carbons (Fsp3) is 0.579. The maximum absolute atomic E-state index is 12.6. The van der Waals surface area contributed by atoms with Crippen molar-refractivity contribution in [3.63, 3.8) is 0 Å². The quantitative estimate of drug-likeness (QED) is 0.842. The molecule has 1 atom stereocenters. The van der Waals surface area contributed by atoms with E-state index < -0.39 is 0 Å². The van der Waals surface area contributed by atoms with Gasteiger partial charge in [-0.25, -0.2) is 0 Å². The van der Waals surface area contributed by atoms with Gasteiger partial charge in [-0.1, -0.05) is 6.07 Å². The summed E-state index contributed by atoms with van der Waals surface area (Å²) >= 11 is 0. The van der Waals surface area contributed by atoms with Gasteiger partial charge in [0.15, 0.2) is 0 Å². The molecule has 0 aliphatic carbocycles. The van der Waals surface area contributed by atoms with Crippen molar-refractivity contribution in [3.05, 3.63) is 29.8 Å². The lowest BCUT2D eigenvalue weighted by atomic mass is 10.1. The van der Waals surface area contributed by atoms with Gasteiger partial charge < -0.3 is 19.6 Å². The van der Waals surface area contributed by atoms with Crippen LogP contribution in [0.15, 0.2) is 24.3 Å². The van der Waals surface area contributed by atoms with Crippen molar-refractivity contribution < 1.29 is 19.4 Å². The van der Waals surface area contributed by atoms with Crippen LogP contribution in [0, 0.1) is 0 Å². The first-order valence-corrected chi connectivity index (χ1v) is 9.18. The highest BCUT2D eigenvalue weighted by molar-refractivity contribution is 5.94. The van der Waals surface area contributed by atoms with Crippen molar-refractivity contribution >= 4 is 11.8 Å². The molecule has 2 aliphatic rings. The highest BCUT2D eigenvalue weighted by atomic mass is 16.5. The molecule has 0 saturated carbocycles. The van der Waals surface area contributed by atoms with Crippen LogP contribution < -0.4 is 4.74 Å². The van der Waals surface area contributed by atoms with Crippen LogP contribution in [-0.2, 0) is 4.79 Å². The molecule has 1 aromatic rings. The van der Waals surface area contributed by atoms with Crippen LogP contribution in [0.2, 0.25) is 0 Å². The zero-order chi connectivity index (χ0) is 18.5. The average molecular weight is 361 g/mol. The van der Waals surface area contributed by atoms with Crippen molar-refractivity contribution in [1.82, 2.24) is 14.7 Å². The number of piperidine rings is 1. The Morgan fingerprint density at radius 2 is 1.88 bits per heavy atom. The number of carbonyl (C=O) groups is 2. The van der Waals surface area contributed by atoms with Crippen molar-refractivity contribution in [3.8, 4) is 5.75 Å². The van der Waals surface area contributed by atoms with Gasteiger partial charge in [-0.3, -0.25) is 14.5 Å². The predicted molar refractivity (Wildman–Crippen MR) is 97.2 cm³/mol. The van der Waals surface area contributed by atoms with Crippen LogP contribution in [0.25, 0.3) is 0 Å². The van der Waals surface area contributed by atoms with E-state index in [-0.39, 0.29) is 17.9 Å². The fourth-order valence-electron chi connectivity index (χ4n) is 3.56. The molecule has 26 heavy (non-hydrogen) atoms. The number of hydrogen-bond acceptors (Lipinski definition) is 5. The van der Waals surface area contributed by atoms with Gasteiger partial charge in [-0.15, -0.1) is 0 Å². The summed E-state index contributed by atoms with van der Waals surface area (Å²) in [6, 6.07) is 7.13. The van der Waals surface area contributed by atoms with E-state index in [0.717, 1.165) is 19.4 Å². The summed E-state index contributed by atoms with van der Waals surface area (Å²) in [5, 5.41) is 9.72. The van der Waals surface area contributed by atoms with Crippen LogP contribution >= 0.6 is 0 Å². The molecule has 3 rings (SSSR count). The van der Waals surface area contributed by atoms with Crippen molar-refractivity contribution in [2.75, 3.05) is 52.9 Å². The largest absolute Gasteiger partial charge is 0.497 e. The minimum Gasteiger partial charge on any atom is -0.497 e. The molecule has 2 aliphatic heterocycles. The van der Waals surface area contributed by atoms with Gasteiger partial charge in [-0.2, -0.15) is 0 Å². The number of likely N-dealkylation sites (tertiary alicyclic amines) is 1. The zero-order valence-electron chi connectivity index (χ0n) is 15.3. The number of aliphatic hydroxyl groups is 1. The fourth-order valence-corrected chi connectivity index (χ4v) is 3.56. The van der Waals surface area contributed by atoms with E-state index in [2.05, 4.69) is 0 Å². The molecule has 2 fully saturated rings. The molecule has 0 aromatic heterocycles. The molecular formula is C19H27N3O4. The maximum atomic E-state index is 12.6. The number of rotatable bonds is 4. The van der Waals surface area contributed by atoms with E-state index in [1.807, 2.05) is 15.9 Å². The molecule has 2 amide bonds. The van der Waals surface area contributed by atoms with Gasteiger partial charge in [0.1, 0.15) is 5.75 Å². The second-order valence-electron chi connectivity index (χ2n) is 6.94. The van der Waals surface area contributed by atoms with Gasteiger partial charge in [0, 0.05) is 38.3 Å². The van der Waals surface area contributed by atoms with Crippen molar-refractivity contribution in [2.45, 2.75) is 18.9 Å². The number of hydrogen-bond donors (Lipinski definition) is 1. The predicted octanol–water partition coefficient (Wildman–Crippen LogP) is 0.436. The lowest BCUT2D eigenvalue weighted by Gasteiger charge is -2.37. The Bertz CT molecular complexity index is 643. The molecule has 7 heteroatoms. The molecule has 142 valence electrons. The summed E-state index contributed by atoms with van der Waals surface area (Å²) in [7, 11) is 1.58. The minimum atomic E-state index is -0.325. The number of amides is 2. The van der Waals surface area contributed by atoms with Gasteiger partial charge >= 0.3 is 0 Å². The summed E-state index contributed by atoms with van der Waals surface area (Å²) in [6.45, 7) is 3.93. The first kappa shape index (κ1) is 18.7. The molecule has 2 saturated heterocycles. The van der Waals surface area contributed by atoms with E-state index >= 15 is 0 Å². The molecule has 0 bridgehead atoms. The van der Waals surface area contributed by atoms with Crippen molar-refractivity contribution in [1.29, 1.82) is 0 Å². The summed E-state index contributed by atoms with van der Waals surface area (Å²) in [4.78, 5) is 30.7. The van der Waals surface area contributed by atoms with Crippen LogP contribution in [0.5, 0.6) is 5.75 Å². The van der Waals surface area contributed by atoms with E-state index in [1.54, 1.807) is 30.2 Å². The number of nitrogens with zero attached hydrogens (tertiary/aromatic N) is 3. The molecule has 7 nitrogen and oxygen atoms in total. The third kappa shape index (κ3) is 4.53. The van der Waals surface area contributed by atoms with E-state index in [0.29, 0.717) is 50.6 Å². The van der Waals surface area contributed by atoms with Crippen LogP contribution in [0.3, 0.4) is 0 Å². The van der Waals surface area contributed by atoms with E-state index in [1.165, 1.54) is 0 Å². The maximum Gasteiger partial charge on any atom is 0.254 e. The highest BCUT2D eigenvalue weighted by Crippen LogP contribution is 2.16. The Balaban J connectivity index is 1.50. The number of β-amino-alcohol motifs (C(OH)–C–C–N with tert-alkyl or cyclic N) is 1. The molecule has 1 N–H and O–H groups in total. The number of ether oxygens (including phenoxy) is 1. The summed E-state index contributed by atoms with van der Waals surface area (Å²) in [5.74, 6) is 0.705. The summed E-state index contributed by atoms with van der Waals surface area (Å²) < 4.78 is 5.17.